The van der Waals surface area contributed by atoms with Crippen molar-refractivity contribution in [3.05, 3.63) is 28.8 Å². The molecule has 1 aliphatic heterocycles. The van der Waals surface area contributed by atoms with E-state index in [1.165, 1.54) is 32.1 Å². The van der Waals surface area contributed by atoms with Gasteiger partial charge in [0.1, 0.15) is 6.07 Å². The molecular weight excluding hydrogens is 290 g/mol. The van der Waals surface area contributed by atoms with Crippen LogP contribution in [0.4, 0.5) is 5.69 Å². The molecule has 3 rings (SSSR count). The highest BCUT2D eigenvalue weighted by Crippen LogP contribution is 2.40. The number of rotatable bonds is 1. The van der Waals surface area contributed by atoms with Gasteiger partial charge in [0.05, 0.1) is 16.1 Å². The molecule has 5 heteroatoms. The number of amidine groups is 1. The van der Waals surface area contributed by atoms with Crippen LogP contribution >= 0.6 is 23.4 Å². The first kappa shape index (κ1) is 13.8. The lowest BCUT2D eigenvalue weighted by Gasteiger charge is -2.29. The van der Waals surface area contributed by atoms with Crippen molar-refractivity contribution in [1.82, 2.24) is 0 Å². The maximum absolute atomic E-state index is 8.88. The Morgan fingerprint density at radius 1 is 1.30 bits per heavy atom. The molecule has 3 nitrogen and oxygen atoms in total. The van der Waals surface area contributed by atoms with Gasteiger partial charge >= 0.3 is 0 Å². The summed E-state index contributed by atoms with van der Waals surface area (Å²) in [4.78, 5) is 4.91. The number of hydrogen-bond donors (Lipinski definition) is 1. The summed E-state index contributed by atoms with van der Waals surface area (Å²) in [6.45, 7) is 0. The van der Waals surface area contributed by atoms with Gasteiger partial charge in [0, 0.05) is 11.4 Å². The number of hydrogen-bond acceptors (Lipinski definition) is 4. The van der Waals surface area contributed by atoms with Crippen molar-refractivity contribution >= 4 is 34.2 Å². The summed E-state index contributed by atoms with van der Waals surface area (Å²) in [6.07, 6.45) is 6.34. The normalized spacial score (nSPS) is 20.5. The Labute approximate surface area is 128 Å². The van der Waals surface area contributed by atoms with Crippen molar-refractivity contribution in [2.75, 3.05) is 11.1 Å². The highest BCUT2D eigenvalue weighted by molar-refractivity contribution is 8.14. The number of anilines is 1. The molecule has 1 fully saturated rings. The SMILES string of the molecule is N#Cc1ccc(NC2=NC3(CCCCC3)CS2)cc1Cl. The maximum Gasteiger partial charge on any atom is 0.161 e. The Morgan fingerprint density at radius 3 is 2.80 bits per heavy atom. The minimum atomic E-state index is 0.168. The summed E-state index contributed by atoms with van der Waals surface area (Å²) < 4.78 is 0. The third kappa shape index (κ3) is 2.79. The second-order valence-corrected chi connectivity index (χ2v) is 6.79. The number of aliphatic imine (C=N–C) groups is 1. The first-order valence-corrected chi connectivity index (χ1v) is 8.26. The van der Waals surface area contributed by atoms with Crippen LogP contribution in [-0.4, -0.2) is 16.5 Å². The number of benzene rings is 1. The second kappa shape index (κ2) is 5.67. The molecule has 0 unspecified atom stereocenters. The van der Waals surface area contributed by atoms with Gasteiger partial charge in [-0.15, -0.1) is 0 Å². The maximum atomic E-state index is 8.88. The Kier molecular flexibility index (Phi) is 3.91. The fraction of sp³-hybridized carbons (Fsp3) is 0.467. The average molecular weight is 306 g/mol. The molecule has 0 atom stereocenters. The third-order valence-corrected chi connectivity index (χ3v) is 5.40. The van der Waals surface area contributed by atoms with Gasteiger partial charge in [-0.1, -0.05) is 42.6 Å². The Hall–Kier alpha value is -1.18. The molecule has 1 heterocycles. The van der Waals surface area contributed by atoms with Crippen LogP contribution in [0.5, 0.6) is 0 Å². The van der Waals surface area contributed by atoms with E-state index in [2.05, 4.69) is 11.4 Å². The summed E-state index contributed by atoms with van der Waals surface area (Å²) in [5.41, 5.74) is 1.57. The predicted molar refractivity (Wildman–Crippen MR) is 85.5 cm³/mol. The molecular formula is C15H16ClN3S. The lowest BCUT2D eigenvalue weighted by Crippen LogP contribution is -2.29. The first-order chi connectivity index (χ1) is 9.71. The summed E-state index contributed by atoms with van der Waals surface area (Å²) in [5.74, 6) is 1.08. The zero-order chi connectivity index (χ0) is 14.0. The Balaban J connectivity index is 1.74. The van der Waals surface area contributed by atoms with Gasteiger partial charge in [-0.05, 0) is 31.0 Å². The first-order valence-electron chi connectivity index (χ1n) is 6.90. The van der Waals surface area contributed by atoms with E-state index in [-0.39, 0.29) is 5.54 Å². The standard InChI is InChI=1S/C15H16ClN3S/c16-13-8-12(5-4-11(13)9-17)18-14-19-15(10-20-14)6-2-1-3-7-15/h4-5,8H,1-3,6-7,10H2,(H,18,19). The van der Waals surface area contributed by atoms with Crippen LogP contribution in [0.3, 0.4) is 0 Å². The van der Waals surface area contributed by atoms with E-state index in [1.807, 2.05) is 6.07 Å². The number of halogens is 1. The van der Waals surface area contributed by atoms with E-state index in [0.717, 1.165) is 16.6 Å². The van der Waals surface area contributed by atoms with Crippen molar-refractivity contribution in [2.24, 2.45) is 4.99 Å². The van der Waals surface area contributed by atoms with Gasteiger partial charge in [-0.3, -0.25) is 4.99 Å². The Morgan fingerprint density at radius 2 is 2.10 bits per heavy atom. The van der Waals surface area contributed by atoms with Crippen LogP contribution in [-0.2, 0) is 0 Å². The summed E-state index contributed by atoms with van der Waals surface area (Å²) >= 11 is 7.84. The van der Waals surface area contributed by atoms with Crippen molar-refractivity contribution < 1.29 is 0 Å². The van der Waals surface area contributed by atoms with Gasteiger partial charge < -0.3 is 5.32 Å². The van der Waals surface area contributed by atoms with E-state index >= 15 is 0 Å². The van der Waals surface area contributed by atoms with Crippen molar-refractivity contribution in [3.63, 3.8) is 0 Å². The van der Waals surface area contributed by atoms with Crippen LogP contribution in [0.15, 0.2) is 23.2 Å². The summed E-state index contributed by atoms with van der Waals surface area (Å²) in [7, 11) is 0. The molecule has 0 saturated heterocycles. The molecule has 1 N–H and O–H groups in total. The molecule has 1 aromatic carbocycles. The van der Waals surface area contributed by atoms with Gasteiger partial charge in [0.15, 0.2) is 5.17 Å². The molecule has 0 bridgehead atoms. The fourth-order valence-electron chi connectivity index (χ4n) is 2.82. The van der Waals surface area contributed by atoms with E-state index in [4.69, 9.17) is 21.9 Å². The van der Waals surface area contributed by atoms with E-state index in [9.17, 15) is 0 Å². The summed E-state index contributed by atoms with van der Waals surface area (Å²) in [5, 5.41) is 13.7. The quantitative estimate of drug-likeness (QED) is 0.835. The lowest BCUT2D eigenvalue weighted by atomic mass is 9.84. The van der Waals surface area contributed by atoms with Crippen LogP contribution in [0.2, 0.25) is 5.02 Å². The molecule has 0 amide bonds. The summed E-state index contributed by atoms with van der Waals surface area (Å²) in [6, 6.07) is 7.47. The van der Waals surface area contributed by atoms with Crippen LogP contribution in [0, 0.1) is 11.3 Å². The highest BCUT2D eigenvalue weighted by atomic mass is 35.5. The van der Waals surface area contributed by atoms with E-state index < -0.39 is 0 Å². The van der Waals surface area contributed by atoms with Gasteiger partial charge in [-0.25, -0.2) is 0 Å². The van der Waals surface area contributed by atoms with E-state index in [1.54, 1.807) is 23.9 Å². The molecule has 104 valence electrons. The zero-order valence-corrected chi connectivity index (χ0v) is 12.7. The van der Waals surface area contributed by atoms with Crippen LogP contribution < -0.4 is 5.32 Å². The lowest BCUT2D eigenvalue weighted by molar-refractivity contribution is 0.335. The van der Waals surface area contributed by atoms with Crippen molar-refractivity contribution in [2.45, 2.75) is 37.6 Å². The molecule has 1 saturated carbocycles. The minimum Gasteiger partial charge on any atom is -0.335 e. The molecule has 20 heavy (non-hydrogen) atoms. The smallest absolute Gasteiger partial charge is 0.161 e. The number of thioether (sulfide) groups is 1. The number of nitrogens with one attached hydrogen (secondary N) is 1. The second-order valence-electron chi connectivity index (χ2n) is 5.42. The minimum absolute atomic E-state index is 0.168. The van der Waals surface area contributed by atoms with Crippen LogP contribution in [0.25, 0.3) is 0 Å². The monoisotopic (exact) mass is 305 g/mol. The molecule has 1 spiro atoms. The molecule has 0 radical (unpaired) electrons. The van der Waals surface area contributed by atoms with Crippen molar-refractivity contribution in [3.8, 4) is 6.07 Å². The number of nitrogens with zero attached hydrogens (tertiary/aromatic N) is 2. The van der Waals surface area contributed by atoms with Gasteiger partial charge in [0.2, 0.25) is 0 Å². The largest absolute Gasteiger partial charge is 0.335 e. The molecule has 1 aromatic rings. The van der Waals surface area contributed by atoms with E-state index in [0.29, 0.717) is 10.6 Å². The molecule has 0 aromatic heterocycles. The van der Waals surface area contributed by atoms with Gasteiger partial charge in [0.25, 0.3) is 0 Å². The van der Waals surface area contributed by atoms with Crippen molar-refractivity contribution in [1.29, 1.82) is 5.26 Å². The third-order valence-electron chi connectivity index (χ3n) is 3.94. The Bertz CT molecular complexity index is 585. The fourth-order valence-corrected chi connectivity index (χ4v) is 4.25. The predicted octanol–water partition coefficient (Wildman–Crippen LogP) is 4.43. The van der Waals surface area contributed by atoms with Crippen LogP contribution in [0.1, 0.15) is 37.7 Å². The molecule has 2 aliphatic rings. The topological polar surface area (TPSA) is 48.2 Å². The van der Waals surface area contributed by atoms with Gasteiger partial charge in [-0.2, -0.15) is 5.26 Å². The number of nitriles is 1. The zero-order valence-electron chi connectivity index (χ0n) is 11.2. The molecule has 1 aliphatic carbocycles. The average Bonchev–Trinajstić information content (AvgIpc) is 2.82. The highest BCUT2D eigenvalue weighted by Gasteiger charge is 2.36.